The molecule has 0 spiro atoms. The van der Waals surface area contributed by atoms with Crippen molar-refractivity contribution in [3.63, 3.8) is 0 Å². The maximum atomic E-state index is 6.02. The lowest BCUT2D eigenvalue weighted by Crippen LogP contribution is -2.33. The summed E-state index contributed by atoms with van der Waals surface area (Å²) >= 11 is 6.02. The van der Waals surface area contributed by atoms with E-state index in [0.717, 1.165) is 23.0 Å². The number of benzene rings is 1. The number of nitrogens with two attached hydrogens (primary N) is 1. The van der Waals surface area contributed by atoms with Gasteiger partial charge in [0.05, 0.1) is 0 Å². The summed E-state index contributed by atoms with van der Waals surface area (Å²) in [4.78, 5) is 2.45. The molecule has 1 aliphatic carbocycles. The lowest BCUT2D eigenvalue weighted by atomic mass is 10.1. The molecule has 2 rings (SSSR count). The van der Waals surface area contributed by atoms with Crippen LogP contribution in [0.25, 0.3) is 0 Å². The van der Waals surface area contributed by atoms with E-state index in [0.29, 0.717) is 12.6 Å². The van der Waals surface area contributed by atoms with Gasteiger partial charge in [-0.05, 0) is 56.4 Å². The van der Waals surface area contributed by atoms with Gasteiger partial charge in [0.1, 0.15) is 0 Å². The van der Waals surface area contributed by atoms with E-state index < -0.39 is 0 Å². The van der Waals surface area contributed by atoms with E-state index in [4.69, 9.17) is 17.3 Å². The highest BCUT2D eigenvalue weighted by molar-refractivity contribution is 6.30. The smallest absolute Gasteiger partial charge is 0.0415 e. The SMILES string of the molecule is CC(C)N(CC1CC1)c1ccc(Cl)cc1CN. The fourth-order valence-electron chi connectivity index (χ4n) is 2.16. The van der Waals surface area contributed by atoms with Crippen LogP contribution in [0.1, 0.15) is 32.3 Å². The molecule has 0 heterocycles. The van der Waals surface area contributed by atoms with Crippen molar-refractivity contribution in [2.24, 2.45) is 11.7 Å². The first-order valence-electron chi connectivity index (χ1n) is 6.37. The lowest BCUT2D eigenvalue weighted by Gasteiger charge is -2.31. The minimum absolute atomic E-state index is 0.502. The van der Waals surface area contributed by atoms with E-state index in [9.17, 15) is 0 Å². The van der Waals surface area contributed by atoms with Gasteiger partial charge >= 0.3 is 0 Å². The van der Waals surface area contributed by atoms with Gasteiger partial charge in [-0.3, -0.25) is 0 Å². The zero-order chi connectivity index (χ0) is 12.4. The van der Waals surface area contributed by atoms with Gasteiger partial charge in [0, 0.05) is 29.8 Å². The number of halogens is 1. The second-order valence-electron chi connectivity index (χ2n) is 5.17. The summed E-state index contributed by atoms with van der Waals surface area (Å²) in [5, 5.41) is 0.768. The molecule has 0 unspecified atom stereocenters. The van der Waals surface area contributed by atoms with Crippen molar-refractivity contribution in [2.75, 3.05) is 11.4 Å². The molecule has 1 saturated carbocycles. The van der Waals surface area contributed by atoms with Crippen LogP contribution in [0.15, 0.2) is 18.2 Å². The molecule has 17 heavy (non-hydrogen) atoms. The number of rotatable bonds is 5. The lowest BCUT2D eigenvalue weighted by molar-refractivity contribution is 0.641. The van der Waals surface area contributed by atoms with Crippen molar-refractivity contribution in [3.05, 3.63) is 28.8 Å². The first kappa shape index (κ1) is 12.7. The van der Waals surface area contributed by atoms with Crippen LogP contribution >= 0.6 is 11.6 Å². The molecule has 2 nitrogen and oxygen atoms in total. The standard InChI is InChI=1S/C14H21ClN2/c1-10(2)17(9-11-3-4-11)14-6-5-13(15)7-12(14)8-16/h5-7,10-11H,3-4,8-9,16H2,1-2H3. The predicted molar refractivity (Wildman–Crippen MR) is 74.5 cm³/mol. The molecule has 1 aromatic carbocycles. The summed E-state index contributed by atoms with van der Waals surface area (Å²) in [7, 11) is 0. The minimum atomic E-state index is 0.502. The molecular formula is C14H21ClN2. The fraction of sp³-hybridized carbons (Fsp3) is 0.571. The summed E-state index contributed by atoms with van der Waals surface area (Å²) in [6.07, 6.45) is 2.74. The molecule has 0 atom stereocenters. The number of hydrogen-bond acceptors (Lipinski definition) is 2. The largest absolute Gasteiger partial charge is 0.369 e. The first-order valence-corrected chi connectivity index (χ1v) is 6.74. The van der Waals surface area contributed by atoms with Crippen LogP contribution in [0.4, 0.5) is 5.69 Å². The Bertz CT molecular complexity index is 386. The molecule has 0 radical (unpaired) electrons. The Morgan fingerprint density at radius 1 is 1.41 bits per heavy atom. The van der Waals surface area contributed by atoms with E-state index in [1.165, 1.54) is 18.5 Å². The average molecular weight is 253 g/mol. The first-order chi connectivity index (χ1) is 8.11. The van der Waals surface area contributed by atoms with Crippen LogP contribution in [-0.2, 0) is 6.54 Å². The van der Waals surface area contributed by atoms with Crippen LogP contribution in [0, 0.1) is 5.92 Å². The topological polar surface area (TPSA) is 29.3 Å². The molecule has 0 saturated heterocycles. The van der Waals surface area contributed by atoms with Gasteiger partial charge in [0.25, 0.3) is 0 Å². The van der Waals surface area contributed by atoms with Gasteiger partial charge in [-0.15, -0.1) is 0 Å². The Balaban J connectivity index is 2.26. The van der Waals surface area contributed by atoms with Gasteiger partial charge in [-0.1, -0.05) is 11.6 Å². The third kappa shape index (κ3) is 3.14. The van der Waals surface area contributed by atoms with Crippen molar-refractivity contribution in [1.29, 1.82) is 0 Å². The molecule has 0 bridgehead atoms. The molecule has 1 aliphatic rings. The molecule has 1 fully saturated rings. The Kier molecular flexibility index (Phi) is 3.95. The summed E-state index contributed by atoms with van der Waals surface area (Å²) < 4.78 is 0. The zero-order valence-corrected chi connectivity index (χ0v) is 11.4. The highest BCUT2D eigenvalue weighted by Gasteiger charge is 2.26. The van der Waals surface area contributed by atoms with Gasteiger partial charge in [-0.25, -0.2) is 0 Å². The Labute approximate surface area is 109 Å². The van der Waals surface area contributed by atoms with E-state index in [1.807, 2.05) is 12.1 Å². The predicted octanol–water partition coefficient (Wildman–Crippen LogP) is 3.42. The van der Waals surface area contributed by atoms with Gasteiger partial charge in [-0.2, -0.15) is 0 Å². The van der Waals surface area contributed by atoms with Crippen molar-refractivity contribution >= 4 is 17.3 Å². The van der Waals surface area contributed by atoms with Gasteiger partial charge in [0.2, 0.25) is 0 Å². The number of anilines is 1. The maximum absolute atomic E-state index is 6.02. The van der Waals surface area contributed by atoms with Crippen LogP contribution in [0.2, 0.25) is 5.02 Å². The Hall–Kier alpha value is -0.730. The molecule has 2 N–H and O–H groups in total. The van der Waals surface area contributed by atoms with Crippen molar-refractivity contribution in [2.45, 2.75) is 39.3 Å². The Morgan fingerprint density at radius 2 is 2.12 bits per heavy atom. The van der Waals surface area contributed by atoms with Gasteiger partial charge in [0.15, 0.2) is 0 Å². The fourth-order valence-corrected chi connectivity index (χ4v) is 2.36. The van der Waals surface area contributed by atoms with E-state index >= 15 is 0 Å². The third-order valence-corrected chi connectivity index (χ3v) is 3.58. The second kappa shape index (κ2) is 5.28. The van der Waals surface area contributed by atoms with E-state index in [2.05, 4.69) is 24.8 Å². The highest BCUT2D eigenvalue weighted by Crippen LogP contribution is 2.34. The van der Waals surface area contributed by atoms with Crippen LogP contribution in [0.5, 0.6) is 0 Å². The molecule has 1 aromatic rings. The number of hydrogen-bond donors (Lipinski definition) is 1. The maximum Gasteiger partial charge on any atom is 0.0415 e. The van der Waals surface area contributed by atoms with Crippen LogP contribution in [-0.4, -0.2) is 12.6 Å². The number of nitrogens with zero attached hydrogens (tertiary/aromatic N) is 1. The molecule has 0 aliphatic heterocycles. The van der Waals surface area contributed by atoms with Crippen LogP contribution < -0.4 is 10.6 Å². The quantitative estimate of drug-likeness (QED) is 0.870. The van der Waals surface area contributed by atoms with Crippen molar-refractivity contribution in [1.82, 2.24) is 0 Å². The van der Waals surface area contributed by atoms with Gasteiger partial charge < -0.3 is 10.6 Å². The van der Waals surface area contributed by atoms with E-state index in [-0.39, 0.29) is 0 Å². The summed E-state index contributed by atoms with van der Waals surface area (Å²) in [6, 6.07) is 6.55. The second-order valence-corrected chi connectivity index (χ2v) is 5.60. The van der Waals surface area contributed by atoms with Crippen LogP contribution in [0.3, 0.4) is 0 Å². The molecule has 3 heteroatoms. The van der Waals surface area contributed by atoms with E-state index in [1.54, 1.807) is 0 Å². The highest BCUT2D eigenvalue weighted by atomic mass is 35.5. The molecule has 0 amide bonds. The zero-order valence-electron chi connectivity index (χ0n) is 10.6. The minimum Gasteiger partial charge on any atom is -0.369 e. The van der Waals surface area contributed by atoms with Crippen molar-refractivity contribution < 1.29 is 0 Å². The summed E-state index contributed by atoms with van der Waals surface area (Å²) in [6.45, 7) is 6.16. The summed E-state index contributed by atoms with van der Waals surface area (Å²) in [5.41, 5.74) is 8.21. The monoisotopic (exact) mass is 252 g/mol. The normalized spacial score (nSPS) is 15.4. The van der Waals surface area contributed by atoms with Crippen molar-refractivity contribution in [3.8, 4) is 0 Å². The average Bonchev–Trinajstić information content (AvgIpc) is 3.09. The summed E-state index contributed by atoms with van der Waals surface area (Å²) in [5.74, 6) is 0.874. The molecular weight excluding hydrogens is 232 g/mol. The molecule has 0 aromatic heterocycles. The Morgan fingerprint density at radius 3 is 2.65 bits per heavy atom. The third-order valence-electron chi connectivity index (χ3n) is 3.35. The molecule has 94 valence electrons.